The maximum Gasteiger partial charge on any atom is 0.261 e. The molecule has 0 bridgehead atoms. The Balaban J connectivity index is 1.87. The number of ether oxygens (including phenoxy) is 1. The molecule has 7 heteroatoms. The molecule has 178 valence electrons. The van der Waals surface area contributed by atoms with Crippen molar-refractivity contribution in [3.05, 3.63) is 98.9 Å². The first-order valence-corrected chi connectivity index (χ1v) is 12.8. The monoisotopic (exact) mass is 586 g/mol. The summed E-state index contributed by atoms with van der Waals surface area (Å²) in [5, 5.41) is 2.98. The number of hydrogen-bond acceptors (Lipinski definition) is 3. The summed E-state index contributed by atoms with van der Waals surface area (Å²) in [4.78, 5) is 28.3. The van der Waals surface area contributed by atoms with Crippen LogP contribution in [0.15, 0.2) is 87.8 Å². The van der Waals surface area contributed by atoms with Gasteiger partial charge in [-0.2, -0.15) is 0 Å². The minimum Gasteiger partial charge on any atom is -0.484 e. The van der Waals surface area contributed by atoms with Gasteiger partial charge in [-0.1, -0.05) is 81.2 Å². The Hall–Kier alpha value is -2.64. The second kappa shape index (κ2) is 13.3. The van der Waals surface area contributed by atoms with Crippen molar-refractivity contribution in [2.24, 2.45) is 0 Å². The normalized spacial score (nSPS) is 11.5. The number of amides is 2. The summed E-state index contributed by atoms with van der Waals surface area (Å²) in [6.45, 7) is 2.69. The average Bonchev–Trinajstić information content (AvgIpc) is 2.86. The quantitative estimate of drug-likeness (QED) is 0.310. The lowest BCUT2D eigenvalue weighted by atomic mass is 10.0. The Morgan fingerprint density at radius 2 is 1.50 bits per heavy atom. The first-order valence-electron chi connectivity index (χ1n) is 11.2. The van der Waals surface area contributed by atoms with Gasteiger partial charge >= 0.3 is 0 Å². The van der Waals surface area contributed by atoms with Crippen LogP contribution in [0.3, 0.4) is 0 Å². The zero-order valence-electron chi connectivity index (χ0n) is 19.0. The molecule has 0 heterocycles. The van der Waals surface area contributed by atoms with Crippen LogP contribution in [0.2, 0.25) is 0 Å². The first-order chi connectivity index (χ1) is 16.5. The maximum absolute atomic E-state index is 13.5. The smallest absolute Gasteiger partial charge is 0.261 e. The number of benzene rings is 3. The SMILES string of the molecule is CCCNC(=O)C(Cc1ccccc1)N(Cc1ccc(Br)cc1)C(=O)COc1ccc(Br)cc1. The zero-order chi connectivity index (χ0) is 24.3. The summed E-state index contributed by atoms with van der Waals surface area (Å²) >= 11 is 6.85. The molecule has 1 unspecified atom stereocenters. The van der Waals surface area contributed by atoms with Gasteiger partial charge in [0.25, 0.3) is 5.91 Å². The van der Waals surface area contributed by atoms with Gasteiger partial charge in [0.15, 0.2) is 6.61 Å². The first kappa shape index (κ1) is 26.0. The van der Waals surface area contributed by atoms with Gasteiger partial charge in [0, 0.05) is 28.5 Å². The van der Waals surface area contributed by atoms with E-state index < -0.39 is 6.04 Å². The van der Waals surface area contributed by atoms with E-state index in [1.165, 1.54) is 0 Å². The van der Waals surface area contributed by atoms with Gasteiger partial charge in [0.2, 0.25) is 5.91 Å². The number of nitrogens with zero attached hydrogens (tertiary/aromatic N) is 1. The standard InChI is InChI=1S/C27H28Br2N2O3/c1-2-16-30-27(33)25(17-20-6-4-3-5-7-20)31(18-21-8-10-22(28)11-9-21)26(32)19-34-24-14-12-23(29)13-15-24/h3-15,25H,2,16-19H2,1H3,(H,30,33). The van der Waals surface area contributed by atoms with Crippen LogP contribution < -0.4 is 10.1 Å². The molecule has 3 aromatic rings. The van der Waals surface area contributed by atoms with Gasteiger partial charge in [-0.15, -0.1) is 0 Å². The summed E-state index contributed by atoms with van der Waals surface area (Å²) in [5.41, 5.74) is 1.92. The molecule has 1 N–H and O–H groups in total. The van der Waals surface area contributed by atoms with Crippen LogP contribution in [0.1, 0.15) is 24.5 Å². The molecule has 0 aliphatic carbocycles. The molecule has 0 aliphatic rings. The minimum atomic E-state index is -0.668. The van der Waals surface area contributed by atoms with Gasteiger partial charge in [-0.05, 0) is 53.9 Å². The lowest BCUT2D eigenvalue weighted by Gasteiger charge is -2.31. The third-order valence-electron chi connectivity index (χ3n) is 5.26. The molecule has 34 heavy (non-hydrogen) atoms. The Labute approximate surface area is 217 Å². The van der Waals surface area contributed by atoms with Gasteiger partial charge in [0.1, 0.15) is 11.8 Å². The van der Waals surface area contributed by atoms with Crippen molar-refractivity contribution in [2.75, 3.05) is 13.2 Å². The van der Waals surface area contributed by atoms with Crippen LogP contribution in [0.4, 0.5) is 0 Å². The molecule has 1 atom stereocenters. The van der Waals surface area contributed by atoms with E-state index in [4.69, 9.17) is 4.74 Å². The van der Waals surface area contributed by atoms with E-state index in [0.717, 1.165) is 26.5 Å². The molecule has 0 radical (unpaired) electrons. The second-order valence-corrected chi connectivity index (χ2v) is 9.72. The number of carbonyl (C=O) groups is 2. The predicted molar refractivity (Wildman–Crippen MR) is 142 cm³/mol. The Bertz CT molecular complexity index is 1060. The van der Waals surface area contributed by atoms with Crippen molar-refractivity contribution < 1.29 is 14.3 Å². The largest absolute Gasteiger partial charge is 0.484 e. The third kappa shape index (κ3) is 7.99. The molecule has 0 aliphatic heterocycles. The highest BCUT2D eigenvalue weighted by atomic mass is 79.9. The fourth-order valence-corrected chi connectivity index (χ4v) is 3.99. The van der Waals surface area contributed by atoms with E-state index in [9.17, 15) is 9.59 Å². The number of nitrogens with one attached hydrogen (secondary N) is 1. The molecule has 2 amide bonds. The van der Waals surface area contributed by atoms with Gasteiger partial charge in [-0.3, -0.25) is 9.59 Å². The van der Waals surface area contributed by atoms with E-state index in [1.807, 2.05) is 73.7 Å². The molecule has 3 rings (SSSR count). The van der Waals surface area contributed by atoms with Crippen LogP contribution in [0.25, 0.3) is 0 Å². The summed E-state index contributed by atoms with van der Waals surface area (Å²) in [5.74, 6) is 0.174. The lowest BCUT2D eigenvalue weighted by Crippen LogP contribution is -2.51. The minimum absolute atomic E-state index is 0.162. The predicted octanol–water partition coefficient (Wildman–Crippen LogP) is 5.76. The third-order valence-corrected chi connectivity index (χ3v) is 6.32. The fourth-order valence-electron chi connectivity index (χ4n) is 3.47. The molecular formula is C27H28Br2N2O3. The summed E-state index contributed by atoms with van der Waals surface area (Å²) in [6.07, 6.45) is 1.23. The van der Waals surface area contributed by atoms with Crippen LogP contribution in [-0.2, 0) is 22.6 Å². The zero-order valence-corrected chi connectivity index (χ0v) is 22.2. The highest BCUT2D eigenvalue weighted by molar-refractivity contribution is 9.10. The number of carbonyl (C=O) groups excluding carboxylic acids is 2. The Morgan fingerprint density at radius 3 is 2.12 bits per heavy atom. The topological polar surface area (TPSA) is 58.6 Å². The highest BCUT2D eigenvalue weighted by Gasteiger charge is 2.30. The van der Waals surface area contributed by atoms with Gasteiger partial charge in [0.05, 0.1) is 0 Å². The van der Waals surface area contributed by atoms with E-state index in [2.05, 4.69) is 37.2 Å². The second-order valence-electron chi connectivity index (χ2n) is 7.89. The molecule has 5 nitrogen and oxygen atoms in total. The molecule has 0 saturated heterocycles. The summed E-state index contributed by atoms with van der Waals surface area (Å²) in [7, 11) is 0. The van der Waals surface area contributed by atoms with E-state index in [-0.39, 0.29) is 18.4 Å². The molecule has 0 spiro atoms. The van der Waals surface area contributed by atoms with Crippen LogP contribution in [0.5, 0.6) is 5.75 Å². The molecular weight excluding hydrogens is 560 g/mol. The van der Waals surface area contributed by atoms with Gasteiger partial charge in [-0.25, -0.2) is 0 Å². The van der Waals surface area contributed by atoms with Crippen LogP contribution in [-0.4, -0.2) is 35.9 Å². The molecule has 3 aromatic carbocycles. The van der Waals surface area contributed by atoms with Gasteiger partial charge < -0.3 is 15.0 Å². The van der Waals surface area contributed by atoms with Crippen molar-refractivity contribution in [3.8, 4) is 5.75 Å². The van der Waals surface area contributed by atoms with E-state index >= 15 is 0 Å². The molecule has 0 fully saturated rings. The summed E-state index contributed by atoms with van der Waals surface area (Å²) in [6, 6.07) is 24.2. The highest BCUT2D eigenvalue weighted by Crippen LogP contribution is 2.19. The van der Waals surface area contributed by atoms with Crippen molar-refractivity contribution >= 4 is 43.7 Å². The van der Waals surface area contributed by atoms with Crippen molar-refractivity contribution in [1.29, 1.82) is 0 Å². The summed E-state index contributed by atoms with van der Waals surface area (Å²) < 4.78 is 7.65. The Kier molecular flexibility index (Phi) is 10.2. The number of hydrogen-bond donors (Lipinski definition) is 1. The number of rotatable bonds is 11. The Morgan fingerprint density at radius 1 is 0.882 bits per heavy atom. The molecule has 0 aromatic heterocycles. The van der Waals surface area contributed by atoms with Crippen LogP contribution in [0, 0.1) is 0 Å². The van der Waals surface area contributed by atoms with Crippen molar-refractivity contribution in [1.82, 2.24) is 10.2 Å². The van der Waals surface area contributed by atoms with Crippen molar-refractivity contribution in [3.63, 3.8) is 0 Å². The number of halogens is 2. The van der Waals surface area contributed by atoms with E-state index in [0.29, 0.717) is 25.3 Å². The van der Waals surface area contributed by atoms with Crippen molar-refractivity contribution in [2.45, 2.75) is 32.4 Å². The maximum atomic E-state index is 13.5. The lowest BCUT2D eigenvalue weighted by molar-refractivity contribution is -0.142. The average molecular weight is 588 g/mol. The van der Waals surface area contributed by atoms with Crippen LogP contribution >= 0.6 is 31.9 Å². The fraction of sp³-hybridized carbons (Fsp3) is 0.259. The molecule has 0 saturated carbocycles. The van der Waals surface area contributed by atoms with E-state index in [1.54, 1.807) is 17.0 Å².